The standard InChI is InChI=1S/C18H23F6NO4/c1-2-11(6-13(10-25)16(26)27)4-3-5-12-7-14(28-17(19,20)21)9-15(8-12)29-18(22,23)24/h7-9,11,13H,2-6,10,25H2,1H3,(H,26,27). The Labute approximate surface area is 163 Å². The van der Waals surface area contributed by atoms with Crippen molar-refractivity contribution >= 4 is 5.97 Å². The lowest BCUT2D eigenvalue weighted by atomic mass is 9.88. The van der Waals surface area contributed by atoms with E-state index in [1.807, 2.05) is 6.92 Å². The van der Waals surface area contributed by atoms with Crippen molar-refractivity contribution in [3.8, 4) is 11.5 Å². The van der Waals surface area contributed by atoms with Crippen molar-refractivity contribution in [2.45, 2.75) is 51.8 Å². The maximum absolute atomic E-state index is 12.4. The number of carboxylic acids is 1. The molecule has 11 heteroatoms. The summed E-state index contributed by atoms with van der Waals surface area (Å²) < 4.78 is 82.0. The van der Waals surface area contributed by atoms with Crippen LogP contribution in [0.2, 0.25) is 0 Å². The van der Waals surface area contributed by atoms with Crippen LogP contribution in [0.15, 0.2) is 18.2 Å². The Morgan fingerprint density at radius 1 is 1.07 bits per heavy atom. The van der Waals surface area contributed by atoms with Crippen molar-refractivity contribution < 1.29 is 45.7 Å². The molecular formula is C18H23F6NO4. The maximum atomic E-state index is 12.4. The first-order chi connectivity index (χ1) is 13.3. The van der Waals surface area contributed by atoms with E-state index in [-0.39, 0.29) is 24.4 Å². The van der Waals surface area contributed by atoms with Crippen molar-refractivity contribution in [3.05, 3.63) is 23.8 Å². The van der Waals surface area contributed by atoms with Gasteiger partial charge in [0.05, 0.1) is 5.92 Å². The smallest absolute Gasteiger partial charge is 0.481 e. The van der Waals surface area contributed by atoms with Gasteiger partial charge >= 0.3 is 18.7 Å². The summed E-state index contributed by atoms with van der Waals surface area (Å²) in [6, 6.07) is 2.51. The molecule has 0 amide bonds. The minimum atomic E-state index is -5.06. The predicted octanol–water partition coefficient (Wildman–Crippen LogP) is 4.88. The fraction of sp³-hybridized carbons (Fsp3) is 0.611. The molecule has 0 heterocycles. The molecule has 0 saturated heterocycles. The van der Waals surface area contributed by atoms with Crippen LogP contribution in [0.5, 0.6) is 11.5 Å². The molecule has 0 radical (unpaired) electrons. The molecule has 1 aromatic rings. The summed E-state index contributed by atoms with van der Waals surface area (Å²) >= 11 is 0. The van der Waals surface area contributed by atoms with E-state index in [9.17, 15) is 31.1 Å². The van der Waals surface area contributed by atoms with E-state index >= 15 is 0 Å². The second-order valence-corrected chi connectivity index (χ2v) is 6.58. The van der Waals surface area contributed by atoms with Crippen LogP contribution in [-0.2, 0) is 11.2 Å². The van der Waals surface area contributed by atoms with Gasteiger partial charge < -0.3 is 20.3 Å². The van der Waals surface area contributed by atoms with Gasteiger partial charge in [0.1, 0.15) is 11.5 Å². The quantitative estimate of drug-likeness (QED) is 0.488. The summed E-state index contributed by atoms with van der Waals surface area (Å²) in [7, 11) is 0. The number of nitrogens with two attached hydrogens (primary N) is 1. The molecular weight excluding hydrogens is 408 g/mol. The van der Waals surface area contributed by atoms with Crippen LogP contribution < -0.4 is 15.2 Å². The highest BCUT2D eigenvalue weighted by Gasteiger charge is 2.34. The van der Waals surface area contributed by atoms with Crippen LogP contribution in [0, 0.1) is 11.8 Å². The maximum Gasteiger partial charge on any atom is 0.573 e. The molecule has 0 aliphatic carbocycles. The zero-order valence-electron chi connectivity index (χ0n) is 15.6. The minimum absolute atomic E-state index is 0.0131. The number of aryl methyl sites for hydroxylation is 1. The fourth-order valence-electron chi connectivity index (χ4n) is 2.94. The number of carbonyl (C=O) groups is 1. The van der Waals surface area contributed by atoms with Crippen LogP contribution in [0.25, 0.3) is 0 Å². The van der Waals surface area contributed by atoms with Crippen molar-refractivity contribution in [3.63, 3.8) is 0 Å². The number of hydrogen-bond acceptors (Lipinski definition) is 4. The molecule has 0 aliphatic rings. The molecule has 0 aliphatic heterocycles. The summed E-state index contributed by atoms with van der Waals surface area (Å²) in [5, 5.41) is 9.08. The lowest BCUT2D eigenvalue weighted by Crippen LogP contribution is -2.25. The van der Waals surface area contributed by atoms with E-state index in [2.05, 4.69) is 9.47 Å². The molecule has 0 saturated carbocycles. The fourth-order valence-corrected chi connectivity index (χ4v) is 2.94. The largest absolute Gasteiger partial charge is 0.573 e. The molecule has 1 rings (SSSR count). The normalized spacial score (nSPS) is 14.3. The average molecular weight is 431 g/mol. The van der Waals surface area contributed by atoms with Crippen LogP contribution >= 0.6 is 0 Å². The number of halogens is 6. The third-order valence-electron chi connectivity index (χ3n) is 4.31. The molecule has 2 atom stereocenters. The highest BCUT2D eigenvalue weighted by atomic mass is 19.4. The molecule has 1 aromatic carbocycles. The van der Waals surface area contributed by atoms with Crippen LogP contribution in [-0.4, -0.2) is 30.3 Å². The Morgan fingerprint density at radius 2 is 1.59 bits per heavy atom. The summed E-state index contributed by atoms with van der Waals surface area (Å²) in [6.45, 7) is 1.86. The Hall–Kier alpha value is -2.17. The molecule has 166 valence electrons. The van der Waals surface area contributed by atoms with E-state index < -0.39 is 36.1 Å². The van der Waals surface area contributed by atoms with Crippen molar-refractivity contribution in [2.24, 2.45) is 17.6 Å². The van der Waals surface area contributed by atoms with E-state index in [1.54, 1.807) is 0 Å². The molecule has 0 aromatic heterocycles. The van der Waals surface area contributed by atoms with Gasteiger partial charge in [0.25, 0.3) is 0 Å². The SMILES string of the molecule is CCC(CCCc1cc(OC(F)(F)F)cc(OC(F)(F)F)c1)CC(CN)C(=O)O. The van der Waals surface area contributed by atoms with Gasteiger partial charge in [-0.2, -0.15) is 0 Å². The molecule has 0 spiro atoms. The van der Waals surface area contributed by atoms with E-state index in [4.69, 9.17) is 10.8 Å². The van der Waals surface area contributed by atoms with E-state index in [1.165, 1.54) is 0 Å². The van der Waals surface area contributed by atoms with Gasteiger partial charge in [-0.1, -0.05) is 19.8 Å². The van der Waals surface area contributed by atoms with Crippen molar-refractivity contribution in [1.29, 1.82) is 0 Å². The molecule has 0 fully saturated rings. The predicted molar refractivity (Wildman–Crippen MR) is 91.3 cm³/mol. The second-order valence-electron chi connectivity index (χ2n) is 6.58. The molecule has 5 nitrogen and oxygen atoms in total. The first-order valence-electron chi connectivity index (χ1n) is 8.91. The lowest BCUT2D eigenvalue weighted by molar-refractivity contribution is -0.276. The minimum Gasteiger partial charge on any atom is -0.481 e. The summed E-state index contributed by atoms with van der Waals surface area (Å²) in [6.07, 6.45) is -7.97. The Kier molecular flexibility index (Phi) is 9.06. The number of rotatable bonds is 11. The van der Waals surface area contributed by atoms with Gasteiger partial charge in [0.2, 0.25) is 0 Å². The number of alkyl halides is 6. The summed E-state index contributed by atoms with van der Waals surface area (Å²) in [5.74, 6) is -3.31. The number of benzene rings is 1. The highest BCUT2D eigenvalue weighted by Crippen LogP contribution is 2.32. The van der Waals surface area contributed by atoms with E-state index in [0.717, 1.165) is 12.1 Å². The third kappa shape index (κ3) is 10.2. The molecule has 0 bridgehead atoms. The Balaban J connectivity index is 2.83. The molecule has 29 heavy (non-hydrogen) atoms. The van der Waals surface area contributed by atoms with Crippen molar-refractivity contribution in [1.82, 2.24) is 0 Å². The average Bonchev–Trinajstić information content (AvgIpc) is 2.54. The second kappa shape index (κ2) is 10.6. The first-order valence-corrected chi connectivity index (χ1v) is 8.91. The summed E-state index contributed by atoms with van der Waals surface area (Å²) in [4.78, 5) is 11.1. The first kappa shape index (κ1) is 24.9. The topological polar surface area (TPSA) is 81.8 Å². The Bertz CT molecular complexity index is 628. The number of hydrogen-bond donors (Lipinski definition) is 2. The zero-order valence-corrected chi connectivity index (χ0v) is 15.6. The van der Waals surface area contributed by atoms with Gasteiger partial charge in [-0.15, -0.1) is 26.3 Å². The van der Waals surface area contributed by atoms with Gasteiger partial charge in [0, 0.05) is 12.6 Å². The van der Waals surface area contributed by atoms with Gasteiger partial charge in [-0.25, -0.2) is 0 Å². The monoisotopic (exact) mass is 431 g/mol. The van der Waals surface area contributed by atoms with Crippen LogP contribution in [0.4, 0.5) is 26.3 Å². The number of aliphatic carboxylic acids is 1. The number of ether oxygens (including phenoxy) is 2. The van der Waals surface area contributed by atoms with Gasteiger partial charge in [-0.05, 0) is 42.9 Å². The molecule has 3 N–H and O–H groups in total. The zero-order chi connectivity index (χ0) is 22.2. The van der Waals surface area contributed by atoms with Crippen LogP contribution in [0.3, 0.4) is 0 Å². The third-order valence-corrected chi connectivity index (χ3v) is 4.31. The van der Waals surface area contributed by atoms with Gasteiger partial charge in [0.15, 0.2) is 0 Å². The highest BCUT2D eigenvalue weighted by molar-refractivity contribution is 5.70. The summed E-state index contributed by atoms with van der Waals surface area (Å²) in [5.41, 5.74) is 5.61. The van der Waals surface area contributed by atoms with Gasteiger partial charge in [-0.3, -0.25) is 4.79 Å². The molecule has 2 unspecified atom stereocenters. The Morgan fingerprint density at radius 3 is 1.97 bits per heavy atom. The number of carboxylic acid groups (broad SMARTS) is 1. The van der Waals surface area contributed by atoms with Crippen LogP contribution in [0.1, 0.15) is 38.2 Å². The van der Waals surface area contributed by atoms with E-state index in [0.29, 0.717) is 31.7 Å². The van der Waals surface area contributed by atoms with Crippen molar-refractivity contribution in [2.75, 3.05) is 6.54 Å². The lowest BCUT2D eigenvalue weighted by Gasteiger charge is -2.19.